The molecule has 1 aromatic heterocycles. The number of halogens is 3. The molecule has 0 bridgehead atoms. The molecule has 2 unspecified atom stereocenters. The highest BCUT2D eigenvalue weighted by Crippen LogP contribution is 2.32. The fourth-order valence-electron chi connectivity index (χ4n) is 3.77. The summed E-state index contributed by atoms with van der Waals surface area (Å²) >= 11 is 0. The predicted molar refractivity (Wildman–Crippen MR) is 95.7 cm³/mol. The van der Waals surface area contributed by atoms with E-state index < -0.39 is 11.7 Å². The van der Waals surface area contributed by atoms with Gasteiger partial charge in [0.2, 0.25) is 11.7 Å². The van der Waals surface area contributed by atoms with Gasteiger partial charge in [0, 0.05) is 38.2 Å². The van der Waals surface area contributed by atoms with Gasteiger partial charge in [-0.2, -0.15) is 18.2 Å². The fourth-order valence-corrected chi connectivity index (χ4v) is 3.77. The molecule has 1 aromatic carbocycles. The number of alkyl halides is 3. The molecule has 2 aromatic rings. The number of carbonyl (C=O) groups excluding carboxylic acids is 1. The van der Waals surface area contributed by atoms with Crippen molar-refractivity contribution in [3.05, 3.63) is 35.7 Å². The zero-order valence-corrected chi connectivity index (χ0v) is 15.9. The molecule has 29 heavy (non-hydrogen) atoms. The summed E-state index contributed by atoms with van der Waals surface area (Å²) in [6.45, 7) is 5.26. The smallest absolute Gasteiger partial charge is 0.416 e. The van der Waals surface area contributed by atoms with Gasteiger partial charge in [0.25, 0.3) is 0 Å². The van der Waals surface area contributed by atoms with E-state index in [0.29, 0.717) is 25.6 Å². The van der Waals surface area contributed by atoms with Crippen molar-refractivity contribution in [3.63, 3.8) is 0 Å². The van der Waals surface area contributed by atoms with Gasteiger partial charge in [-0.05, 0) is 19.1 Å². The van der Waals surface area contributed by atoms with E-state index >= 15 is 0 Å². The largest absolute Gasteiger partial charge is 0.464 e. The Morgan fingerprint density at radius 3 is 2.62 bits per heavy atom. The lowest BCUT2D eigenvalue weighted by atomic mass is 10.1. The molecule has 3 heterocycles. The molecule has 2 atom stereocenters. The predicted octanol–water partition coefficient (Wildman–Crippen LogP) is 2.75. The van der Waals surface area contributed by atoms with Crippen LogP contribution in [0.25, 0.3) is 11.4 Å². The Morgan fingerprint density at radius 2 is 1.97 bits per heavy atom. The van der Waals surface area contributed by atoms with E-state index in [1.54, 1.807) is 0 Å². The fraction of sp³-hybridized carbons (Fsp3) is 0.526. The molecule has 2 aliphatic rings. The number of hydrogen-bond acceptors (Lipinski definition) is 7. The van der Waals surface area contributed by atoms with Crippen LogP contribution in [-0.2, 0) is 15.7 Å². The van der Waals surface area contributed by atoms with E-state index in [0.717, 1.165) is 31.6 Å². The number of ether oxygens (including phenoxy) is 1. The van der Waals surface area contributed by atoms with Gasteiger partial charge < -0.3 is 9.26 Å². The zero-order chi connectivity index (χ0) is 20.6. The van der Waals surface area contributed by atoms with Crippen LogP contribution < -0.4 is 0 Å². The second-order valence-electron chi connectivity index (χ2n) is 7.25. The molecule has 0 N–H and O–H groups in total. The molecule has 0 spiro atoms. The summed E-state index contributed by atoms with van der Waals surface area (Å²) in [5.41, 5.74) is -0.498. The Hall–Kier alpha value is -2.46. The average Bonchev–Trinajstić information content (AvgIpc) is 3.36. The molecule has 2 fully saturated rings. The topological polar surface area (TPSA) is 71.7 Å². The number of nitrogens with zero attached hydrogens (tertiary/aromatic N) is 4. The number of piperazine rings is 1. The Balaban J connectivity index is 1.42. The molecule has 0 saturated carbocycles. The number of esters is 1. The SMILES string of the molecule is CC(c1nc(-c2cccc(C(F)(F)F)c2)no1)N1CCN(C2CCOC2=O)CC1. The molecular weight excluding hydrogens is 389 g/mol. The van der Waals surface area contributed by atoms with Crippen molar-refractivity contribution in [1.82, 2.24) is 19.9 Å². The maximum absolute atomic E-state index is 12.9. The van der Waals surface area contributed by atoms with Crippen LogP contribution in [0.5, 0.6) is 0 Å². The Morgan fingerprint density at radius 1 is 1.21 bits per heavy atom. The summed E-state index contributed by atoms with van der Waals surface area (Å²) in [5.74, 6) is 0.325. The first-order valence-electron chi connectivity index (χ1n) is 9.49. The summed E-state index contributed by atoms with van der Waals surface area (Å²) in [7, 11) is 0. The van der Waals surface area contributed by atoms with Crippen molar-refractivity contribution in [2.24, 2.45) is 0 Å². The van der Waals surface area contributed by atoms with Gasteiger partial charge in [0.1, 0.15) is 6.04 Å². The number of carbonyl (C=O) groups is 1. The molecule has 7 nitrogen and oxygen atoms in total. The quantitative estimate of drug-likeness (QED) is 0.718. The summed E-state index contributed by atoms with van der Waals surface area (Å²) in [5, 5.41) is 3.86. The van der Waals surface area contributed by atoms with Crippen molar-refractivity contribution >= 4 is 5.97 Å². The first kappa shape index (κ1) is 19.8. The molecule has 2 aliphatic heterocycles. The van der Waals surface area contributed by atoms with E-state index in [9.17, 15) is 18.0 Å². The highest BCUT2D eigenvalue weighted by Gasteiger charge is 2.35. The van der Waals surface area contributed by atoms with Crippen molar-refractivity contribution in [3.8, 4) is 11.4 Å². The third-order valence-corrected chi connectivity index (χ3v) is 5.49. The van der Waals surface area contributed by atoms with E-state index in [1.165, 1.54) is 12.1 Å². The lowest BCUT2D eigenvalue weighted by molar-refractivity contribution is -0.143. The van der Waals surface area contributed by atoms with E-state index in [2.05, 4.69) is 19.9 Å². The second kappa shape index (κ2) is 7.75. The summed E-state index contributed by atoms with van der Waals surface area (Å²) < 4.78 is 49.1. The highest BCUT2D eigenvalue weighted by molar-refractivity contribution is 5.77. The maximum atomic E-state index is 12.9. The second-order valence-corrected chi connectivity index (χ2v) is 7.25. The van der Waals surface area contributed by atoms with E-state index in [1.807, 2.05) is 6.92 Å². The Bertz CT molecular complexity index is 878. The minimum Gasteiger partial charge on any atom is -0.464 e. The molecule has 10 heteroatoms. The van der Waals surface area contributed by atoms with Gasteiger partial charge in [0.05, 0.1) is 18.2 Å². The average molecular weight is 410 g/mol. The van der Waals surface area contributed by atoms with Gasteiger partial charge >= 0.3 is 12.1 Å². The molecule has 156 valence electrons. The van der Waals surface area contributed by atoms with Crippen LogP contribution in [0.2, 0.25) is 0 Å². The van der Waals surface area contributed by atoms with Crippen molar-refractivity contribution in [2.45, 2.75) is 31.6 Å². The molecule has 0 aliphatic carbocycles. The maximum Gasteiger partial charge on any atom is 0.416 e. The van der Waals surface area contributed by atoms with Crippen LogP contribution in [0.15, 0.2) is 28.8 Å². The molecule has 4 rings (SSSR count). The van der Waals surface area contributed by atoms with Gasteiger partial charge in [-0.15, -0.1) is 0 Å². The van der Waals surface area contributed by atoms with Crippen molar-refractivity contribution in [1.29, 1.82) is 0 Å². The normalized spacial score (nSPS) is 22.6. The van der Waals surface area contributed by atoms with Crippen LogP contribution in [0.3, 0.4) is 0 Å². The number of benzene rings is 1. The van der Waals surface area contributed by atoms with Crippen LogP contribution in [-0.4, -0.2) is 64.7 Å². The van der Waals surface area contributed by atoms with Crippen molar-refractivity contribution in [2.75, 3.05) is 32.8 Å². The van der Waals surface area contributed by atoms with Crippen LogP contribution in [0, 0.1) is 0 Å². The summed E-state index contributed by atoms with van der Waals surface area (Å²) in [6.07, 6.45) is -3.71. The third kappa shape index (κ3) is 4.13. The van der Waals surface area contributed by atoms with Crippen molar-refractivity contribution < 1.29 is 27.2 Å². The summed E-state index contributed by atoms with van der Waals surface area (Å²) in [6, 6.07) is 4.52. The lowest BCUT2D eigenvalue weighted by Gasteiger charge is -2.38. The van der Waals surface area contributed by atoms with E-state index in [-0.39, 0.29) is 29.4 Å². The minimum atomic E-state index is -4.43. The van der Waals surface area contributed by atoms with Crippen LogP contribution in [0.4, 0.5) is 13.2 Å². The molecule has 0 amide bonds. The zero-order valence-electron chi connectivity index (χ0n) is 15.9. The first-order chi connectivity index (χ1) is 13.8. The van der Waals surface area contributed by atoms with Gasteiger partial charge in [0.15, 0.2) is 0 Å². The van der Waals surface area contributed by atoms with E-state index in [4.69, 9.17) is 9.26 Å². The molecule has 2 saturated heterocycles. The van der Waals surface area contributed by atoms with Gasteiger partial charge in [-0.25, -0.2) is 0 Å². The third-order valence-electron chi connectivity index (χ3n) is 5.49. The minimum absolute atomic E-state index is 0.130. The van der Waals surface area contributed by atoms with Gasteiger partial charge in [-0.1, -0.05) is 17.3 Å². The molecule has 0 radical (unpaired) electrons. The number of cyclic esters (lactones) is 1. The Kier molecular flexibility index (Phi) is 5.30. The first-order valence-corrected chi connectivity index (χ1v) is 9.49. The highest BCUT2D eigenvalue weighted by atomic mass is 19.4. The number of aromatic nitrogens is 2. The van der Waals surface area contributed by atoms with Crippen LogP contribution >= 0.6 is 0 Å². The summed E-state index contributed by atoms with van der Waals surface area (Å²) in [4.78, 5) is 20.3. The standard InChI is InChI=1S/C19H21F3N4O3/c1-12(25-6-8-26(9-7-25)15-5-10-28-18(15)27)17-23-16(24-29-17)13-3-2-4-14(11-13)19(20,21)22/h2-4,11-12,15H,5-10H2,1H3. The molecular formula is C19H21F3N4O3. The van der Waals surface area contributed by atoms with Gasteiger partial charge in [-0.3, -0.25) is 14.6 Å². The number of rotatable bonds is 4. The lowest BCUT2D eigenvalue weighted by Crippen LogP contribution is -2.52. The monoisotopic (exact) mass is 410 g/mol. The Labute approximate surface area is 165 Å². The van der Waals surface area contributed by atoms with Crippen LogP contribution in [0.1, 0.15) is 30.8 Å². The number of hydrogen-bond donors (Lipinski definition) is 0.